The number of hydrogen-bond donors (Lipinski definition) is 0. The molecule has 122 valence electrons. The Morgan fingerprint density at radius 1 is 1.13 bits per heavy atom. The molecular formula is C15H13F3N2O3. The molecule has 3 rings (SSSR count). The molecule has 2 aromatic rings. The summed E-state index contributed by atoms with van der Waals surface area (Å²) in [6.45, 7) is 1.88. The smallest absolute Gasteiger partial charge is 0.416 e. The van der Waals surface area contributed by atoms with Crippen LogP contribution in [0.5, 0.6) is 0 Å². The molecule has 0 saturated carbocycles. The van der Waals surface area contributed by atoms with Crippen molar-refractivity contribution in [3.8, 4) is 11.5 Å². The molecule has 1 saturated heterocycles. The average Bonchev–Trinajstić information content (AvgIpc) is 3.04. The van der Waals surface area contributed by atoms with Crippen LogP contribution in [0.3, 0.4) is 0 Å². The number of oxazole rings is 1. The number of aromatic nitrogens is 1. The van der Waals surface area contributed by atoms with Gasteiger partial charge in [0, 0.05) is 18.7 Å². The molecular weight excluding hydrogens is 313 g/mol. The van der Waals surface area contributed by atoms with E-state index < -0.39 is 11.7 Å². The van der Waals surface area contributed by atoms with Gasteiger partial charge in [0.15, 0.2) is 5.69 Å². The Hall–Kier alpha value is -2.35. The minimum atomic E-state index is -4.40. The van der Waals surface area contributed by atoms with Gasteiger partial charge in [-0.1, -0.05) is 0 Å². The predicted octanol–water partition coefficient (Wildman–Crippen LogP) is 2.83. The molecule has 0 bridgehead atoms. The lowest BCUT2D eigenvalue weighted by atomic mass is 10.1. The minimum absolute atomic E-state index is 0.107. The topological polar surface area (TPSA) is 55.6 Å². The fraction of sp³-hybridized carbons (Fsp3) is 0.333. The van der Waals surface area contributed by atoms with Crippen LogP contribution in [-0.4, -0.2) is 42.1 Å². The van der Waals surface area contributed by atoms with E-state index in [2.05, 4.69) is 4.98 Å². The highest BCUT2D eigenvalue weighted by molar-refractivity contribution is 5.92. The maximum absolute atomic E-state index is 12.5. The number of hydrogen-bond acceptors (Lipinski definition) is 4. The first-order chi connectivity index (χ1) is 10.9. The molecule has 1 amide bonds. The van der Waals surface area contributed by atoms with E-state index in [1.54, 1.807) is 4.90 Å². The molecule has 1 aromatic carbocycles. The number of amides is 1. The number of halogens is 3. The van der Waals surface area contributed by atoms with Gasteiger partial charge in [-0.2, -0.15) is 13.2 Å². The lowest BCUT2D eigenvalue weighted by Crippen LogP contribution is -2.40. The van der Waals surface area contributed by atoms with Crippen molar-refractivity contribution in [2.75, 3.05) is 26.3 Å². The molecule has 1 aliphatic rings. The van der Waals surface area contributed by atoms with Gasteiger partial charge in [0.1, 0.15) is 6.26 Å². The molecule has 0 spiro atoms. The van der Waals surface area contributed by atoms with Crippen molar-refractivity contribution in [1.82, 2.24) is 9.88 Å². The number of carbonyl (C=O) groups excluding carboxylic acids is 1. The SMILES string of the molecule is O=C(c1coc(-c2ccc(C(F)(F)F)cc2)n1)N1CCOCC1. The van der Waals surface area contributed by atoms with Crippen LogP contribution in [0.25, 0.3) is 11.5 Å². The lowest BCUT2D eigenvalue weighted by Gasteiger charge is -2.25. The van der Waals surface area contributed by atoms with Gasteiger partial charge in [0.05, 0.1) is 18.8 Å². The molecule has 2 heterocycles. The Kier molecular flexibility index (Phi) is 4.08. The van der Waals surface area contributed by atoms with E-state index in [0.29, 0.717) is 31.9 Å². The first kappa shape index (κ1) is 15.5. The zero-order valence-corrected chi connectivity index (χ0v) is 12.0. The quantitative estimate of drug-likeness (QED) is 0.851. The minimum Gasteiger partial charge on any atom is -0.444 e. The zero-order chi connectivity index (χ0) is 16.4. The predicted molar refractivity (Wildman–Crippen MR) is 73.7 cm³/mol. The normalized spacial score (nSPS) is 15.7. The van der Waals surface area contributed by atoms with E-state index in [1.165, 1.54) is 18.4 Å². The molecule has 0 aliphatic carbocycles. The Bertz CT molecular complexity index is 689. The van der Waals surface area contributed by atoms with Crippen molar-refractivity contribution < 1.29 is 27.1 Å². The van der Waals surface area contributed by atoms with E-state index in [0.717, 1.165) is 12.1 Å². The number of rotatable bonds is 2. The van der Waals surface area contributed by atoms with E-state index in [9.17, 15) is 18.0 Å². The Morgan fingerprint density at radius 2 is 1.78 bits per heavy atom. The van der Waals surface area contributed by atoms with Gasteiger partial charge in [0.2, 0.25) is 5.89 Å². The van der Waals surface area contributed by atoms with E-state index in [4.69, 9.17) is 9.15 Å². The second-order valence-corrected chi connectivity index (χ2v) is 5.02. The summed E-state index contributed by atoms with van der Waals surface area (Å²) in [5, 5.41) is 0. The van der Waals surface area contributed by atoms with Crippen molar-refractivity contribution in [2.24, 2.45) is 0 Å². The largest absolute Gasteiger partial charge is 0.444 e. The van der Waals surface area contributed by atoms with Crippen LogP contribution in [0.15, 0.2) is 34.9 Å². The molecule has 23 heavy (non-hydrogen) atoms. The number of carbonyl (C=O) groups is 1. The molecule has 8 heteroatoms. The van der Waals surface area contributed by atoms with Crippen molar-refractivity contribution in [1.29, 1.82) is 0 Å². The maximum atomic E-state index is 12.5. The van der Waals surface area contributed by atoms with Gasteiger partial charge < -0.3 is 14.1 Å². The summed E-state index contributed by atoms with van der Waals surface area (Å²) >= 11 is 0. The van der Waals surface area contributed by atoms with E-state index >= 15 is 0 Å². The fourth-order valence-electron chi connectivity index (χ4n) is 2.23. The second-order valence-electron chi connectivity index (χ2n) is 5.02. The molecule has 1 aromatic heterocycles. The molecule has 1 aliphatic heterocycles. The zero-order valence-electron chi connectivity index (χ0n) is 12.0. The second kappa shape index (κ2) is 6.04. The first-order valence-electron chi connectivity index (χ1n) is 6.95. The van der Waals surface area contributed by atoms with Crippen LogP contribution in [-0.2, 0) is 10.9 Å². The number of ether oxygens (including phenoxy) is 1. The summed E-state index contributed by atoms with van der Waals surface area (Å²) in [5.74, 6) is -0.175. The first-order valence-corrected chi connectivity index (χ1v) is 6.95. The summed E-state index contributed by atoms with van der Waals surface area (Å²) in [6.07, 6.45) is -3.18. The summed E-state index contributed by atoms with van der Waals surface area (Å²) in [6, 6.07) is 4.42. The monoisotopic (exact) mass is 326 g/mol. The highest BCUT2D eigenvalue weighted by atomic mass is 19.4. The molecule has 1 fully saturated rings. The van der Waals surface area contributed by atoms with Crippen LogP contribution in [0.1, 0.15) is 16.1 Å². The Balaban J connectivity index is 1.77. The van der Waals surface area contributed by atoms with Gasteiger partial charge in [-0.05, 0) is 24.3 Å². The van der Waals surface area contributed by atoms with Gasteiger partial charge in [0.25, 0.3) is 5.91 Å². The highest BCUT2D eigenvalue weighted by Gasteiger charge is 2.30. The third-order valence-electron chi connectivity index (χ3n) is 3.48. The standard InChI is InChI=1S/C15H13F3N2O3/c16-15(17,18)11-3-1-10(2-4-11)13-19-12(9-23-13)14(21)20-5-7-22-8-6-20/h1-4,9H,5-8H2. The Morgan fingerprint density at radius 3 is 2.39 bits per heavy atom. The number of morpholine rings is 1. The summed E-state index contributed by atoms with van der Waals surface area (Å²) in [4.78, 5) is 17.9. The lowest BCUT2D eigenvalue weighted by molar-refractivity contribution is -0.137. The molecule has 5 nitrogen and oxygen atoms in total. The van der Waals surface area contributed by atoms with Crippen molar-refractivity contribution >= 4 is 5.91 Å². The van der Waals surface area contributed by atoms with Gasteiger partial charge >= 0.3 is 6.18 Å². The Labute approximate surface area is 129 Å². The van der Waals surface area contributed by atoms with Crippen LogP contribution in [0.4, 0.5) is 13.2 Å². The van der Waals surface area contributed by atoms with Gasteiger partial charge in [-0.25, -0.2) is 4.98 Å². The van der Waals surface area contributed by atoms with E-state index in [1.807, 2.05) is 0 Å². The summed E-state index contributed by atoms with van der Waals surface area (Å²) in [5.41, 5.74) is -0.252. The number of nitrogens with zero attached hydrogens (tertiary/aromatic N) is 2. The van der Waals surface area contributed by atoms with Crippen molar-refractivity contribution in [3.63, 3.8) is 0 Å². The third kappa shape index (κ3) is 3.37. The van der Waals surface area contributed by atoms with Crippen LogP contribution < -0.4 is 0 Å². The summed E-state index contributed by atoms with van der Waals surface area (Å²) in [7, 11) is 0. The van der Waals surface area contributed by atoms with Crippen molar-refractivity contribution in [3.05, 3.63) is 41.8 Å². The van der Waals surface area contributed by atoms with Gasteiger partial charge in [-0.15, -0.1) is 0 Å². The highest BCUT2D eigenvalue weighted by Crippen LogP contribution is 2.30. The fourth-order valence-corrected chi connectivity index (χ4v) is 2.23. The molecule has 0 unspecified atom stereocenters. The molecule has 0 radical (unpaired) electrons. The molecule has 0 N–H and O–H groups in total. The van der Waals surface area contributed by atoms with Crippen molar-refractivity contribution in [2.45, 2.75) is 6.18 Å². The number of benzene rings is 1. The van der Waals surface area contributed by atoms with Crippen LogP contribution >= 0.6 is 0 Å². The molecule has 0 atom stereocenters. The third-order valence-corrected chi connectivity index (χ3v) is 3.48. The van der Waals surface area contributed by atoms with E-state index in [-0.39, 0.29) is 17.5 Å². The number of alkyl halides is 3. The maximum Gasteiger partial charge on any atom is 0.416 e. The average molecular weight is 326 g/mol. The van der Waals surface area contributed by atoms with Gasteiger partial charge in [-0.3, -0.25) is 4.79 Å². The van der Waals surface area contributed by atoms with Crippen LogP contribution in [0.2, 0.25) is 0 Å². The summed E-state index contributed by atoms with van der Waals surface area (Å²) < 4.78 is 48.0. The van der Waals surface area contributed by atoms with Crippen LogP contribution in [0, 0.1) is 0 Å².